The molecular weight excluding hydrogens is 592 g/mol. The second-order valence-corrected chi connectivity index (χ2v) is 11.6. The molecule has 0 bridgehead atoms. The van der Waals surface area contributed by atoms with Gasteiger partial charge in [-0.3, -0.25) is 13.9 Å². The SMILES string of the molecule is CCNC(=O)[C@H](CC)N(Cc1c(Cl)cccc1Cl)C(=O)CN(c1ccc(F)cc1)S(=O)(=O)c1ccc(OCC)cc1. The molecule has 0 aliphatic rings. The highest BCUT2D eigenvalue weighted by molar-refractivity contribution is 7.92. The molecule has 3 rings (SSSR count). The number of carbonyl (C=O) groups is 2. The number of ether oxygens (including phenoxy) is 1. The quantitative estimate of drug-likeness (QED) is 0.265. The smallest absolute Gasteiger partial charge is 0.264 e. The van der Waals surface area contributed by atoms with E-state index in [0.717, 1.165) is 16.4 Å². The fourth-order valence-electron chi connectivity index (χ4n) is 4.20. The Morgan fingerprint density at radius 1 is 0.951 bits per heavy atom. The maximum absolute atomic E-state index is 14.0. The highest BCUT2D eigenvalue weighted by Gasteiger charge is 2.34. The van der Waals surface area contributed by atoms with Gasteiger partial charge in [-0.15, -0.1) is 0 Å². The van der Waals surface area contributed by atoms with Gasteiger partial charge in [-0.1, -0.05) is 36.2 Å². The molecule has 2 amide bonds. The summed E-state index contributed by atoms with van der Waals surface area (Å²) < 4.78 is 47.9. The first kappa shape index (κ1) is 32.2. The lowest BCUT2D eigenvalue weighted by Crippen LogP contribution is -2.52. The molecule has 0 aliphatic carbocycles. The first-order valence-electron chi connectivity index (χ1n) is 13.0. The molecule has 0 saturated carbocycles. The molecule has 1 atom stereocenters. The van der Waals surface area contributed by atoms with Crippen molar-refractivity contribution in [2.24, 2.45) is 0 Å². The number of nitrogens with one attached hydrogen (secondary N) is 1. The Morgan fingerprint density at radius 2 is 1.56 bits per heavy atom. The fraction of sp³-hybridized carbons (Fsp3) is 0.310. The second-order valence-electron chi connectivity index (χ2n) is 8.93. The monoisotopic (exact) mass is 623 g/mol. The van der Waals surface area contributed by atoms with Gasteiger partial charge < -0.3 is 15.0 Å². The summed E-state index contributed by atoms with van der Waals surface area (Å²) in [6.07, 6.45) is 0.238. The van der Waals surface area contributed by atoms with E-state index in [0.29, 0.717) is 34.5 Å². The molecule has 41 heavy (non-hydrogen) atoms. The lowest BCUT2D eigenvalue weighted by molar-refractivity contribution is -0.140. The van der Waals surface area contributed by atoms with Gasteiger partial charge in [-0.25, -0.2) is 12.8 Å². The molecular formula is C29H32Cl2FN3O5S. The average molecular weight is 625 g/mol. The predicted octanol–water partition coefficient (Wildman–Crippen LogP) is 5.67. The summed E-state index contributed by atoms with van der Waals surface area (Å²) in [5.74, 6) is -1.19. The Balaban J connectivity index is 2.08. The van der Waals surface area contributed by atoms with Crippen molar-refractivity contribution >= 4 is 50.7 Å². The zero-order valence-electron chi connectivity index (χ0n) is 22.9. The molecule has 0 radical (unpaired) electrons. The molecule has 12 heteroatoms. The van der Waals surface area contributed by atoms with Crippen LogP contribution in [0.25, 0.3) is 0 Å². The van der Waals surface area contributed by atoms with Gasteiger partial charge in [-0.2, -0.15) is 0 Å². The highest BCUT2D eigenvalue weighted by Crippen LogP contribution is 2.29. The third kappa shape index (κ3) is 7.90. The van der Waals surface area contributed by atoms with Gasteiger partial charge in [0.25, 0.3) is 10.0 Å². The number of hydrogen-bond donors (Lipinski definition) is 1. The summed E-state index contributed by atoms with van der Waals surface area (Å²) in [5, 5.41) is 3.31. The molecule has 1 N–H and O–H groups in total. The fourth-order valence-corrected chi connectivity index (χ4v) is 6.13. The molecule has 0 unspecified atom stereocenters. The Labute approximate surface area is 250 Å². The lowest BCUT2D eigenvalue weighted by atomic mass is 10.1. The van der Waals surface area contributed by atoms with Gasteiger partial charge >= 0.3 is 0 Å². The zero-order chi connectivity index (χ0) is 30.2. The topological polar surface area (TPSA) is 96.0 Å². The Bertz CT molecular complexity index is 1430. The van der Waals surface area contributed by atoms with Crippen molar-refractivity contribution in [2.45, 2.75) is 44.7 Å². The van der Waals surface area contributed by atoms with Crippen LogP contribution in [0.2, 0.25) is 10.0 Å². The van der Waals surface area contributed by atoms with Crippen LogP contribution in [0.5, 0.6) is 5.75 Å². The van der Waals surface area contributed by atoms with Crippen LogP contribution >= 0.6 is 23.2 Å². The number of likely N-dealkylation sites (N-methyl/N-ethyl adjacent to an activating group) is 1. The van der Waals surface area contributed by atoms with Gasteiger partial charge in [0.05, 0.1) is 17.2 Å². The van der Waals surface area contributed by atoms with Crippen LogP contribution in [-0.2, 0) is 26.2 Å². The van der Waals surface area contributed by atoms with E-state index in [4.69, 9.17) is 27.9 Å². The summed E-state index contributed by atoms with van der Waals surface area (Å²) in [6, 6.07) is 14.4. The number of halogens is 3. The molecule has 0 aromatic heterocycles. The van der Waals surface area contributed by atoms with Crippen LogP contribution < -0.4 is 14.4 Å². The maximum Gasteiger partial charge on any atom is 0.264 e. The maximum atomic E-state index is 14.0. The minimum atomic E-state index is -4.32. The largest absolute Gasteiger partial charge is 0.494 e. The van der Waals surface area contributed by atoms with Crippen LogP contribution in [0.15, 0.2) is 71.6 Å². The molecule has 220 valence electrons. The van der Waals surface area contributed by atoms with E-state index >= 15 is 0 Å². The van der Waals surface area contributed by atoms with E-state index in [1.807, 2.05) is 0 Å². The number of rotatable bonds is 13. The average Bonchev–Trinajstić information content (AvgIpc) is 2.94. The molecule has 0 aliphatic heterocycles. The second kappa shape index (κ2) is 14.5. The molecule has 0 fully saturated rings. The van der Waals surface area contributed by atoms with E-state index in [1.54, 1.807) is 39.0 Å². The van der Waals surface area contributed by atoms with Crippen molar-refractivity contribution in [3.8, 4) is 5.75 Å². The number of hydrogen-bond acceptors (Lipinski definition) is 5. The summed E-state index contributed by atoms with van der Waals surface area (Å²) in [6.45, 7) is 5.20. The molecule has 3 aromatic carbocycles. The number of nitrogens with zero attached hydrogens (tertiary/aromatic N) is 2. The normalized spacial score (nSPS) is 12.0. The van der Waals surface area contributed by atoms with Crippen LogP contribution in [-0.4, -0.2) is 50.9 Å². The third-order valence-corrected chi connectivity index (χ3v) is 8.74. The van der Waals surface area contributed by atoms with Crippen LogP contribution in [0.4, 0.5) is 10.1 Å². The van der Waals surface area contributed by atoms with Gasteiger partial charge in [0.2, 0.25) is 11.8 Å². The van der Waals surface area contributed by atoms with Gasteiger partial charge in [0, 0.05) is 28.7 Å². The van der Waals surface area contributed by atoms with E-state index in [-0.39, 0.29) is 23.5 Å². The van der Waals surface area contributed by atoms with Crippen molar-refractivity contribution in [3.63, 3.8) is 0 Å². The number of carbonyl (C=O) groups excluding carboxylic acids is 2. The molecule has 3 aromatic rings. The van der Waals surface area contributed by atoms with Crippen LogP contribution in [0, 0.1) is 5.82 Å². The summed E-state index contributed by atoms with van der Waals surface area (Å²) in [7, 11) is -4.32. The van der Waals surface area contributed by atoms with Crippen molar-refractivity contribution in [3.05, 3.63) is 88.2 Å². The molecule has 0 spiro atoms. The van der Waals surface area contributed by atoms with E-state index in [9.17, 15) is 22.4 Å². The summed E-state index contributed by atoms with van der Waals surface area (Å²) >= 11 is 12.8. The van der Waals surface area contributed by atoms with E-state index in [2.05, 4.69) is 5.32 Å². The Hall–Kier alpha value is -3.34. The predicted molar refractivity (Wildman–Crippen MR) is 158 cm³/mol. The number of benzene rings is 3. The van der Waals surface area contributed by atoms with Crippen molar-refractivity contribution in [2.75, 3.05) is 24.0 Å². The standard InChI is InChI=1S/C29H32Cl2FN3O5S/c1-4-27(29(37)33-5-2)34(18-24-25(30)8-7-9-26(24)31)28(36)19-35(21-12-10-20(32)11-13-21)41(38,39)23-16-14-22(15-17-23)40-6-3/h7-17,27H,4-6,18-19H2,1-3H3,(H,33,37)/t27-/m0/s1. The van der Waals surface area contributed by atoms with Crippen molar-refractivity contribution < 1.29 is 27.1 Å². The Morgan fingerprint density at radius 3 is 2.10 bits per heavy atom. The molecule has 0 heterocycles. The zero-order valence-corrected chi connectivity index (χ0v) is 25.3. The summed E-state index contributed by atoms with van der Waals surface area (Å²) in [4.78, 5) is 28.2. The number of amides is 2. The third-order valence-electron chi connectivity index (χ3n) is 6.24. The lowest BCUT2D eigenvalue weighted by Gasteiger charge is -2.33. The van der Waals surface area contributed by atoms with Crippen LogP contribution in [0.3, 0.4) is 0 Å². The first-order valence-corrected chi connectivity index (χ1v) is 15.2. The van der Waals surface area contributed by atoms with Crippen LogP contribution in [0.1, 0.15) is 32.8 Å². The molecule has 0 saturated heterocycles. The van der Waals surface area contributed by atoms with Crippen molar-refractivity contribution in [1.29, 1.82) is 0 Å². The highest BCUT2D eigenvalue weighted by atomic mass is 35.5. The van der Waals surface area contributed by atoms with E-state index < -0.39 is 40.2 Å². The van der Waals surface area contributed by atoms with E-state index in [1.165, 1.54) is 41.3 Å². The minimum Gasteiger partial charge on any atom is -0.494 e. The van der Waals surface area contributed by atoms with Gasteiger partial charge in [-0.05, 0) is 80.9 Å². The summed E-state index contributed by atoms with van der Waals surface area (Å²) in [5.41, 5.74) is 0.477. The molecule has 8 nitrogen and oxygen atoms in total. The first-order chi connectivity index (χ1) is 19.5. The Kier molecular flexibility index (Phi) is 11.4. The van der Waals surface area contributed by atoms with Gasteiger partial charge in [0.1, 0.15) is 24.2 Å². The minimum absolute atomic E-state index is 0.0652. The van der Waals surface area contributed by atoms with Gasteiger partial charge in [0.15, 0.2) is 0 Å². The van der Waals surface area contributed by atoms with Crippen molar-refractivity contribution in [1.82, 2.24) is 10.2 Å². The number of anilines is 1. The number of sulfonamides is 1.